The Kier molecular flexibility index (Phi) is 4.21. The molecule has 1 aliphatic rings. The van der Waals surface area contributed by atoms with Gasteiger partial charge in [-0.25, -0.2) is 4.39 Å². The molecule has 120 valence electrons. The number of hydrogen-bond donors (Lipinski definition) is 1. The second-order valence-electron chi connectivity index (χ2n) is 5.31. The maximum Gasteiger partial charge on any atom is 0.279 e. The van der Waals surface area contributed by atoms with Crippen molar-refractivity contribution < 1.29 is 9.18 Å². The Morgan fingerprint density at radius 1 is 1.35 bits per heavy atom. The van der Waals surface area contributed by atoms with E-state index in [4.69, 9.17) is 0 Å². The molecule has 0 spiro atoms. The van der Waals surface area contributed by atoms with Gasteiger partial charge in [-0.05, 0) is 23.4 Å². The molecule has 5 nitrogen and oxygen atoms in total. The molecule has 1 aliphatic heterocycles. The quantitative estimate of drug-likeness (QED) is 0.692. The third kappa shape index (κ3) is 2.88. The highest BCUT2D eigenvalue weighted by Crippen LogP contribution is 2.35. The van der Waals surface area contributed by atoms with Crippen molar-refractivity contribution in [2.75, 3.05) is 11.1 Å². The Morgan fingerprint density at radius 2 is 2.04 bits per heavy atom. The van der Waals surface area contributed by atoms with E-state index in [2.05, 4.69) is 10.3 Å². The summed E-state index contributed by atoms with van der Waals surface area (Å²) in [7, 11) is 1.77. The lowest BCUT2D eigenvalue weighted by molar-refractivity contribution is -0.116. The largest absolute Gasteiger partial charge is 0.312 e. The molecule has 0 radical (unpaired) electrons. The van der Waals surface area contributed by atoms with Gasteiger partial charge >= 0.3 is 0 Å². The van der Waals surface area contributed by atoms with Gasteiger partial charge in [-0.1, -0.05) is 30.8 Å². The van der Waals surface area contributed by atoms with Crippen LogP contribution in [0.2, 0.25) is 0 Å². The SMILES string of the molecule is CCSc1nc(=O)c2c(n1C)NC(=O)C[C@H]2c1ccc(F)cc1. The lowest BCUT2D eigenvalue weighted by atomic mass is 9.87. The molecule has 1 amide bonds. The van der Waals surface area contributed by atoms with Crippen LogP contribution in [0.1, 0.15) is 30.4 Å². The number of benzene rings is 1. The Bertz CT molecular complexity index is 817. The highest BCUT2D eigenvalue weighted by molar-refractivity contribution is 7.99. The molecule has 0 bridgehead atoms. The zero-order chi connectivity index (χ0) is 16.6. The number of nitrogens with one attached hydrogen (secondary N) is 1. The monoisotopic (exact) mass is 333 g/mol. The second-order valence-corrected chi connectivity index (χ2v) is 6.54. The van der Waals surface area contributed by atoms with Crippen LogP contribution in [0, 0.1) is 5.82 Å². The number of aromatic nitrogens is 2. The van der Waals surface area contributed by atoms with E-state index in [-0.39, 0.29) is 23.7 Å². The van der Waals surface area contributed by atoms with Crippen LogP contribution in [-0.2, 0) is 11.8 Å². The number of amides is 1. The number of anilines is 1. The normalized spacial score (nSPS) is 16.8. The Morgan fingerprint density at radius 3 is 2.70 bits per heavy atom. The highest BCUT2D eigenvalue weighted by atomic mass is 32.2. The molecule has 0 saturated carbocycles. The van der Waals surface area contributed by atoms with Gasteiger partial charge in [0.15, 0.2) is 5.16 Å². The first-order chi connectivity index (χ1) is 11.0. The van der Waals surface area contributed by atoms with Crippen LogP contribution in [0.4, 0.5) is 10.2 Å². The third-order valence-electron chi connectivity index (χ3n) is 3.85. The van der Waals surface area contributed by atoms with Gasteiger partial charge in [-0.3, -0.25) is 9.59 Å². The number of thioether (sulfide) groups is 1. The fourth-order valence-electron chi connectivity index (χ4n) is 2.77. The van der Waals surface area contributed by atoms with Crippen molar-refractivity contribution in [1.29, 1.82) is 0 Å². The Labute approximate surface area is 136 Å². The number of halogens is 1. The number of carbonyl (C=O) groups is 1. The van der Waals surface area contributed by atoms with Crippen LogP contribution < -0.4 is 10.9 Å². The van der Waals surface area contributed by atoms with Crippen molar-refractivity contribution in [1.82, 2.24) is 9.55 Å². The van der Waals surface area contributed by atoms with Crippen LogP contribution in [0.3, 0.4) is 0 Å². The van der Waals surface area contributed by atoms with Crippen LogP contribution in [-0.4, -0.2) is 21.2 Å². The summed E-state index contributed by atoms with van der Waals surface area (Å²) in [5.74, 6) is 0.321. The molecular weight excluding hydrogens is 317 g/mol. The van der Waals surface area contributed by atoms with Crippen molar-refractivity contribution in [2.24, 2.45) is 7.05 Å². The fourth-order valence-corrected chi connectivity index (χ4v) is 3.46. The maximum absolute atomic E-state index is 13.1. The van der Waals surface area contributed by atoms with E-state index in [9.17, 15) is 14.0 Å². The standard InChI is InChI=1S/C16H16FN3O2S/c1-3-23-16-19-15(22)13-11(9-4-6-10(17)7-5-9)8-12(21)18-14(13)20(16)2/h4-7,11H,3,8H2,1-2H3,(H,18,21)/t11-/m0/s1. The minimum absolute atomic E-state index is 0.149. The van der Waals surface area contributed by atoms with Crippen LogP contribution in [0.5, 0.6) is 0 Å². The van der Waals surface area contributed by atoms with E-state index in [0.717, 1.165) is 11.3 Å². The molecule has 0 aliphatic carbocycles. The summed E-state index contributed by atoms with van der Waals surface area (Å²) in [6, 6.07) is 5.88. The van der Waals surface area contributed by atoms with Crippen molar-refractivity contribution in [3.8, 4) is 0 Å². The molecule has 1 aromatic carbocycles. The van der Waals surface area contributed by atoms with E-state index in [1.165, 1.54) is 23.9 Å². The minimum Gasteiger partial charge on any atom is -0.312 e. The summed E-state index contributed by atoms with van der Waals surface area (Å²) >= 11 is 1.44. The summed E-state index contributed by atoms with van der Waals surface area (Å²) in [6.45, 7) is 1.97. The van der Waals surface area contributed by atoms with Crippen molar-refractivity contribution in [2.45, 2.75) is 24.4 Å². The van der Waals surface area contributed by atoms with E-state index in [1.54, 1.807) is 23.7 Å². The lowest BCUT2D eigenvalue weighted by Gasteiger charge is -2.27. The zero-order valence-corrected chi connectivity index (χ0v) is 13.6. The average Bonchev–Trinajstić information content (AvgIpc) is 2.52. The van der Waals surface area contributed by atoms with Gasteiger partial charge in [0.1, 0.15) is 11.6 Å². The summed E-state index contributed by atoms with van der Waals surface area (Å²) < 4.78 is 14.9. The number of carbonyl (C=O) groups excluding carboxylic acids is 1. The molecule has 23 heavy (non-hydrogen) atoms. The van der Waals surface area contributed by atoms with E-state index in [1.807, 2.05) is 6.92 Å². The molecule has 1 aromatic heterocycles. The lowest BCUT2D eigenvalue weighted by Crippen LogP contribution is -2.33. The molecule has 0 fully saturated rings. The zero-order valence-electron chi connectivity index (χ0n) is 12.8. The first-order valence-electron chi connectivity index (χ1n) is 7.30. The van der Waals surface area contributed by atoms with E-state index in [0.29, 0.717) is 16.5 Å². The molecule has 0 unspecified atom stereocenters. The molecule has 3 rings (SSSR count). The summed E-state index contributed by atoms with van der Waals surface area (Å²) in [4.78, 5) is 28.7. The summed E-state index contributed by atoms with van der Waals surface area (Å²) in [5.41, 5.74) is 0.847. The van der Waals surface area contributed by atoms with E-state index < -0.39 is 5.92 Å². The van der Waals surface area contributed by atoms with Crippen molar-refractivity contribution >= 4 is 23.5 Å². The second kappa shape index (κ2) is 6.16. The molecule has 1 N–H and O–H groups in total. The topological polar surface area (TPSA) is 64.0 Å². The first-order valence-corrected chi connectivity index (χ1v) is 8.28. The van der Waals surface area contributed by atoms with Crippen molar-refractivity contribution in [3.05, 3.63) is 51.6 Å². The molecule has 1 atom stereocenters. The first kappa shape index (κ1) is 15.7. The predicted molar refractivity (Wildman–Crippen MR) is 87.4 cm³/mol. The van der Waals surface area contributed by atoms with Gasteiger partial charge in [0, 0.05) is 19.4 Å². The van der Waals surface area contributed by atoms with Gasteiger partial charge in [0.2, 0.25) is 5.91 Å². The smallest absolute Gasteiger partial charge is 0.279 e. The molecule has 2 aromatic rings. The Hall–Kier alpha value is -2.15. The predicted octanol–water partition coefficient (Wildman–Crippen LogP) is 2.51. The molecular formula is C16H16FN3O2S. The maximum atomic E-state index is 13.1. The van der Waals surface area contributed by atoms with Gasteiger partial charge < -0.3 is 9.88 Å². The van der Waals surface area contributed by atoms with Gasteiger partial charge in [0.25, 0.3) is 5.56 Å². The summed E-state index contributed by atoms with van der Waals surface area (Å²) in [6.07, 6.45) is 0.149. The van der Waals surface area contributed by atoms with Gasteiger partial charge in [-0.15, -0.1) is 0 Å². The molecule has 7 heteroatoms. The highest BCUT2D eigenvalue weighted by Gasteiger charge is 2.31. The minimum atomic E-state index is -0.411. The van der Waals surface area contributed by atoms with Gasteiger partial charge in [0.05, 0.1) is 5.56 Å². The summed E-state index contributed by atoms with van der Waals surface area (Å²) in [5, 5.41) is 3.34. The van der Waals surface area contributed by atoms with Crippen LogP contribution in [0.25, 0.3) is 0 Å². The van der Waals surface area contributed by atoms with Crippen LogP contribution >= 0.6 is 11.8 Å². The number of rotatable bonds is 3. The number of hydrogen-bond acceptors (Lipinski definition) is 4. The van der Waals surface area contributed by atoms with Gasteiger partial charge in [-0.2, -0.15) is 4.98 Å². The Balaban J connectivity index is 2.18. The molecule has 2 heterocycles. The van der Waals surface area contributed by atoms with Crippen molar-refractivity contribution in [3.63, 3.8) is 0 Å². The van der Waals surface area contributed by atoms with Crippen LogP contribution in [0.15, 0.2) is 34.2 Å². The van der Waals surface area contributed by atoms with E-state index >= 15 is 0 Å². The molecule has 0 saturated heterocycles. The third-order valence-corrected chi connectivity index (χ3v) is 4.76. The fraction of sp³-hybridized carbons (Fsp3) is 0.312. The average molecular weight is 333 g/mol. The number of nitrogens with zero attached hydrogens (tertiary/aromatic N) is 2. The number of fused-ring (bicyclic) bond motifs is 1.